The monoisotopic (exact) mass is 318 g/mol. The number of nitrogens with zero attached hydrogens (tertiary/aromatic N) is 2. The molecule has 0 atom stereocenters. The highest BCUT2D eigenvalue weighted by Gasteiger charge is 2.25. The van der Waals surface area contributed by atoms with E-state index in [4.69, 9.17) is 0 Å². The summed E-state index contributed by atoms with van der Waals surface area (Å²) in [7, 11) is 0. The Balaban J connectivity index is 1.94. The van der Waals surface area contributed by atoms with Crippen molar-refractivity contribution in [3.63, 3.8) is 0 Å². The molecule has 22 heavy (non-hydrogen) atoms. The number of rotatable bonds is 3. The molecule has 0 aromatic carbocycles. The molecule has 3 nitrogen and oxygen atoms in total. The first-order valence-electron chi connectivity index (χ1n) is 8.34. The van der Waals surface area contributed by atoms with Crippen LogP contribution in [-0.2, 0) is 6.54 Å². The van der Waals surface area contributed by atoms with Gasteiger partial charge in [-0.1, -0.05) is 20.8 Å². The van der Waals surface area contributed by atoms with Gasteiger partial charge in [-0.15, -0.1) is 11.3 Å². The lowest BCUT2D eigenvalue weighted by molar-refractivity contribution is 0.0686. The highest BCUT2D eigenvalue weighted by molar-refractivity contribution is 7.19. The van der Waals surface area contributed by atoms with Crippen molar-refractivity contribution < 1.29 is 4.79 Å². The van der Waals surface area contributed by atoms with Crippen LogP contribution < -0.4 is 0 Å². The maximum absolute atomic E-state index is 13.0. The Morgan fingerprint density at radius 3 is 2.64 bits per heavy atom. The van der Waals surface area contributed by atoms with Crippen molar-refractivity contribution in [3.8, 4) is 0 Å². The third-order valence-corrected chi connectivity index (χ3v) is 5.54. The summed E-state index contributed by atoms with van der Waals surface area (Å²) in [5, 5.41) is 0. The molecule has 0 unspecified atom stereocenters. The summed E-state index contributed by atoms with van der Waals surface area (Å²) in [6.07, 6.45) is 2.26. The minimum atomic E-state index is 0.216. The van der Waals surface area contributed by atoms with Gasteiger partial charge in [0, 0.05) is 24.5 Å². The van der Waals surface area contributed by atoms with E-state index < -0.39 is 0 Å². The number of amides is 1. The lowest BCUT2D eigenvalue weighted by atomic mass is 9.99. The third-order valence-electron chi connectivity index (χ3n) is 4.55. The van der Waals surface area contributed by atoms with Crippen LogP contribution in [0.25, 0.3) is 10.2 Å². The van der Waals surface area contributed by atoms with Crippen LogP contribution in [0.15, 0.2) is 12.1 Å². The van der Waals surface area contributed by atoms with Gasteiger partial charge in [-0.2, -0.15) is 0 Å². The number of thiophene rings is 1. The van der Waals surface area contributed by atoms with Crippen LogP contribution in [0.1, 0.15) is 49.0 Å². The Labute approximate surface area is 136 Å². The number of piperidine rings is 1. The van der Waals surface area contributed by atoms with E-state index in [1.54, 1.807) is 11.3 Å². The van der Waals surface area contributed by atoms with Crippen molar-refractivity contribution in [2.75, 3.05) is 13.1 Å². The topological polar surface area (TPSA) is 25.2 Å². The second-order valence-electron chi connectivity index (χ2n) is 7.12. The van der Waals surface area contributed by atoms with Gasteiger partial charge in [0.15, 0.2) is 0 Å². The summed E-state index contributed by atoms with van der Waals surface area (Å²) in [5.41, 5.74) is 2.11. The molecule has 1 saturated heterocycles. The molecule has 2 aromatic rings. The van der Waals surface area contributed by atoms with Gasteiger partial charge in [0.25, 0.3) is 5.91 Å². The van der Waals surface area contributed by atoms with Gasteiger partial charge < -0.3 is 9.47 Å². The zero-order valence-electron chi connectivity index (χ0n) is 14.1. The molecule has 0 radical (unpaired) electrons. The molecule has 1 fully saturated rings. The summed E-state index contributed by atoms with van der Waals surface area (Å²) in [6, 6.07) is 4.33. The number of likely N-dealkylation sites (tertiary alicyclic amines) is 1. The molecule has 4 heteroatoms. The van der Waals surface area contributed by atoms with Gasteiger partial charge >= 0.3 is 0 Å². The number of fused-ring (bicyclic) bond motifs is 1. The Morgan fingerprint density at radius 2 is 2.00 bits per heavy atom. The number of aryl methyl sites for hydroxylation is 1. The maximum atomic E-state index is 13.0. The standard InChI is InChI=1S/C18H26N2OS/c1-12(2)11-20-15-9-14(4)22-17(15)10-16(20)18(21)19-7-5-13(3)6-8-19/h9-10,12-13H,5-8,11H2,1-4H3. The van der Waals surface area contributed by atoms with E-state index in [1.807, 2.05) is 4.90 Å². The van der Waals surface area contributed by atoms with Gasteiger partial charge in [0.2, 0.25) is 0 Å². The number of hydrogen-bond donors (Lipinski definition) is 0. The summed E-state index contributed by atoms with van der Waals surface area (Å²) >= 11 is 1.79. The molecule has 1 amide bonds. The quantitative estimate of drug-likeness (QED) is 0.815. The summed E-state index contributed by atoms with van der Waals surface area (Å²) in [6.45, 7) is 11.5. The minimum absolute atomic E-state index is 0.216. The fourth-order valence-electron chi connectivity index (χ4n) is 3.28. The summed E-state index contributed by atoms with van der Waals surface area (Å²) in [4.78, 5) is 16.3. The van der Waals surface area contributed by atoms with Crippen LogP contribution in [0, 0.1) is 18.8 Å². The molecule has 1 aliphatic rings. The van der Waals surface area contributed by atoms with Crippen molar-refractivity contribution in [1.82, 2.24) is 9.47 Å². The van der Waals surface area contributed by atoms with Crippen molar-refractivity contribution in [1.29, 1.82) is 0 Å². The van der Waals surface area contributed by atoms with Gasteiger partial charge in [-0.25, -0.2) is 0 Å². The van der Waals surface area contributed by atoms with E-state index in [1.165, 1.54) is 15.1 Å². The first-order valence-corrected chi connectivity index (χ1v) is 9.16. The Hall–Kier alpha value is -1.29. The zero-order valence-corrected chi connectivity index (χ0v) is 14.9. The maximum Gasteiger partial charge on any atom is 0.270 e. The first-order chi connectivity index (χ1) is 10.5. The van der Waals surface area contributed by atoms with Crippen LogP contribution in [0.2, 0.25) is 0 Å². The number of hydrogen-bond acceptors (Lipinski definition) is 2. The number of carbonyl (C=O) groups is 1. The summed E-state index contributed by atoms with van der Waals surface area (Å²) < 4.78 is 3.48. The Kier molecular flexibility index (Phi) is 4.31. The number of aromatic nitrogens is 1. The highest BCUT2D eigenvalue weighted by atomic mass is 32.1. The van der Waals surface area contributed by atoms with E-state index in [9.17, 15) is 4.79 Å². The number of carbonyl (C=O) groups excluding carboxylic acids is 1. The molecular weight excluding hydrogens is 292 g/mol. The van der Waals surface area contributed by atoms with Gasteiger partial charge in [-0.05, 0) is 43.7 Å². The average Bonchev–Trinajstić information content (AvgIpc) is 2.96. The molecule has 0 N–H and O–H groups in total. The molecule has 3 rings (SSSR count). The second kappa shape index (κ2) is 6.07. The highest BCUT2D eigenvalue weighted by Crippen LogP contribution is 2.30. The average molecular weight is 318 g/mol. The van der Waals surface area contributed by atoms with Gasteiger partial charge in [-0.3, -0.25) is 4.79 Å². The van der Waals surface area contributed by atoms with E-state index in [0.29, 0.717) is 5.92 Å². The van der Waals surface area contributed by atoms with Crippen LogP contribution >= 0.6 is 11.3 Å². The molecule has 0 bridgehead atoms. The van der Waals surface area contributed by atoms with E-state index in [2.05, 4.69) is 44.4 Å². The molecule has 0 saturated carbocycles. The minimum Gasteiger partial charge on any atom is -0.337 e. The Bertz CT molecular complexity index is 675. The molecule has 2 aromatic heterocycles. The molecule has 120 valence electrons. The third kappa shape index (κ3) is 2.94. The largest absolute Gasteiger partial charge is 0.337 e. The van der Waals surface area contributed by atoms with Crippen molar-refractivity contribution in [3.05, 3.63) is 22.7 Å². The van der Waals surface area contributed by atoms with E-state index >= 15 is 0 Å². The summed E-state index contributed by atoms with van der Waals surface area (Å²) in [5.74, 6) is 1.50. The SMILES string of the molecule is Cc1cc2c(cc(C(=O)N3CCC(C)CC3)n2CC(C)C)s1. The fourth-order valence-corrected chi connectivity index (χ4v) is 4.24. The lowest BCUT2D eigenvalue weighted by Crippen LogP contribution is -2.38. The smallest absolute Gasteiger partial charge is 0.270 e. The molecule has 0 aliphatic carbocycles. The predicted octanol–water partition coefficient (Wildman–Crippen LogP) is 4.54. The van der Waals surface area contributed by atoms with Gasteiger partial charge in [0.1, 0.15) is 5.69 Å². The van der Waals surface area contributed by atoms with Crippen LogP contribution in [0.4, 0.5) is 0 Å². The van der Waals surface area contributed by atoms with Crippen molar-refractivity contribution in [2.45, 2.75) is 47.1 Å². The van der Waals surface area contributed by atoms with Crippen molar-refractivity contribution in [2.24, 2.45) is 11.8 Å². The second-order valence-corrected chi connectivity index (χ2v) is 8.40. The molecular formula is C18H26N2OS. The normalized spacial score (nSPS) is 16.9. The lowest BCUT2D eigenvalue weighted by Gasteiger charge is -2.30. The first kappa shape index (κ1) is 15.6. The van der Waals surface area contributed by atoms with Crippen molar-refractivity contribution >= 4 is 27.5 Å². The molecule has 1 aliphatic heterocycles. The van der Waals surface area contributed by atoms with E-state index in [0.717, 1.165) is 44.1 Å². The Morgan fingerprint density at radius 1 is 1.32 bits per heavy atom. The molecule has 3 heterocycles. The fraction of sp³-hybridized carbons (Fsp3) is 0.611. The molecule has 0 spiro atoms. The van der Waals surface area contributed by atoms with Crippen LogP contribution in [0.3, 0.4) is 0 Å². The van der Waals surface area contributed by atoms with Crippen LogP contribution in [0.5, 0.6) is 0 Å². The zero-order chi connectivity index (χ0) is 15.9. The predicted molar refractivity (Wildman–Crippen MR) is 93.7 cm³/mol. The van der Waals surface area contributed by atoms with Crippen LogP contribution in [-0.4, -0.2) is 28.5 Å². The van der Waals surface area contributed by atoms with E-state index in [-0.39, 0.29) is 5.91 Å². The van der Waals surface area contributed by atoms with Gasteiger partial charge in [0.05, 0.1) is 10.2 Å².